The largest absolute Gasteiger partial charge is 0.349 e. The van der Waals surface area contributed by atoms with Crippen LogP contribution >= 0.6 is 0 Å². The van der Waals surface area contributed by atoms with Gasteiger partial charge in [-0.2, -0.15) is 0 Å². The van der Waals surface area contributed by atoms with Crippen molar-refractivity contribution in [1.29, 1.82) is 0 Å². The molecule has 0 aromatic rings. The average molecular weight is 240 g/mol. The van der Waals surface area contributed by atoms with E-state index in [4.69, 9.17) is 5.73 Å². The highest BCUT2D eigenvalue weighted by molar-refractivity contribution is 5.79. The zero-order valence-corrected chi connectivity index (χ0v) is 11.6. The molecule has 17 heavy (non-hydrogen) atoms. The van der Waals surface area contributed by atoms with Crippen LogP contribution in [0.25, 0.3) is 0 Å². The van der Waals surface area contributed by atoms with Crippen molar-refractivity contribution in [3.63, 3.8) is 0 Å². The molecule has 0 bridgehead atoms. The molecule has 1 rings (SSSR count). The fraction of sp³-hybridized carbons (Fsp3) is 0.929. The first-order chi connectivity index (χ1) is 8.06. The maximum atomic E-state index is 12.2. The van der Waals surface area contributed by atoms with Gasteiger partial charge in [0.05, 0.1) is 5.54 Å². The van der Waals surface area contributed by atoms with Gasteiger partial charge in [0, 0.05) is 12.5 Å². The van der Waals surface area contributed by atoms with E-state index in [1.807, 2.05) is 0 Å². The first-order valence-corrected chi connectivity index (χ1v) is 7.09. The van der Waals surface area contributed by atoms with E-state index in [0.29, 0.717) is 6.54 Å². The Labute approximate surface area is 106 Å². The second kappa shape index (κ2) is 6.39. The zero-order chi connectivity index (χ0) is 12.9. The van der Waals surface area contributed by atoms with E-state index in [1.165, 1.54) is 12.8 Å². The van der Waals surface area contributed by atoms with Crippen molar-refractivity contribution >= 4 is 5.91 Å². The Morgan fingerprint density at radius 3 is 2.18 bits per heavy atom. The molecule has 1 aliphatic rings. The summed E-state index contributed by atoms with van der Waals surface area (Å²) in [5.74, 6) is 1.23. The predicted molar refractivity (Wildman–Crippen MR) is 71.6 cm³/mol. The Hall–Kier alpha value is -0.570. The molecule has 0 saturated heterocycles. The molecular formula is C14H28N2O. The highest BCUT2D eigenvalue weighted by atomic mass is 16.2. The van der Waals surface area contributed by atoms with Crippen molar-refractivity contribution in [2.45, 2.75) is 64.8 Å². The number of carbonyl (C=O) groups excluding carboxylic acids is 1. The van der Waals surface area contributed by atoms with Crippen LogP contribution in [0.3, 0.4) is 0 Å². The molecule has 1 aliphatic carbocycles. The van der Waals surface area contributed by atoms with Crippen molar-refractivity contribution < 1.29 is 4.79 Å². The Morgan fingerprint density at radius 2 is 1.76 bits per heavy atom. The molecule has 0 aromatic carbocycles. The van der Waals surface area contributed by atoms with E-state index in [0.717, 1.165) is 31.6 Å². The third-order valence-electron chi connectivity index (χ3n) is 4.52. The summed E-state index contributed by atoms with van der Waals surface area (Å²) in [4.78, 5) is 12.2. The molecule has 0 radical (unpaired) electrons. The summed E-state index contributed by atoms with van der Waals surface area (Å²) in [6.45, 7) is 7.00. The highest BCUT2D eigenvalue weighted by Gasteiger charge is 2.31. The smallest absolute Gasteiger partial charge is 0.223 e. The third kappa shape index (κ3) is 3.70. The van der Waals surface area contributed by atoms with Gasteiger partial charge in [-0.25, -0.2) is 0 Å². The topological polar surface area (TPSA) is 55.1 Å². The van der Waals surface area contributed by atoms with Gasteiger partial charge in [-0.1, -0.05) is 20.8 Å². The molecule has 3 N–H and O–H groups in total. The van der Waals surface area contributed by atoms with Crippen molar-refractivity contribution in [2.24, 2.45) is 17.6 Å². The lowest BCUT2D eigenvalue weighted by Gasteiger charge is -2.34. The number of amides is 1. The van der Waals surface area contributed by atoms with E-state index in [1.54, 1.807) is 0 Å². The third-order valence-corrected chi connectivity index (χ3v) is 4.52. The van der Waals surface area contributed by atoms with Crippen LogP contribution in [-0.4, -0.2) is 18.0 Å². The molecule has 0 spiro atoms. The van der Waals surface area contributed by atoms with Gasteiger partial charge in [0.2, 0.25) is 5.91 Å². The average Bonchev–Trinajstić information content (AvgIpc) is 2.37. The van der Waals surface area contributed by atoms with Crippen molar-refractivity contribution in [3.05, 3.63) is 0 Å². The normalized spacial score (nSPS) is 25.6. The second-order valence-electron chi connectivity index (χ2n) is 5.64. The summed E-state index contributed by atoms with van der Waals surface area (Å²) in [5.41, 5.74) is 5.63. The van der Waals surface area contributed by atoms with Gasteiger partial charge < -0.3 is 11.1 Å². The fourth-order valence-corrected chi connectivity index (χ4v) is 2.65. The minimum atomic E-state index is -0.180. The lowest BCUT2D eigenvalue weighted by molar-refractivity contribution is -0.128. The maximum absolute atomic E-state index is 12.2. The summed E-state index contributed by atoms with van der Waals surface area (Å²) in [6.07, 6.45) is 6.28. The van der Waals surface area contributed by atoms with Crippen LogP contribution in [0.2, 0.25) is 0 Å². The summed E-state index contributed by atoms with van der Waals surface area (Å²) < 4.78 is 0. The predicted octanol–water partition coefficient (Wildman–Crippen LogP) is 2.45. The van der Waals surface area contributed by atoms with E-state index < -0.39 is 0 Å². The van der Waals surface area contributed by atoms with Crippen LogP contribution in [-0.2, 0) is 4.79 Å². The lowest BCUT2D eigenvalue weighted by atomic mass is 9.81. The molecule has 0 aliphatic heterocycles. The summed E-state index contributed by atoms with van der Waals surface area (Å²) >= 11 is 0. The SMILES string of the molecule is CCC(CC)(CN)NC(=O)C1CCC(C)CC1. The Bertz CT molecular complexity index is 232. The number of nitrogens with two attached hydrogens (primary N) is 1. The molecule has 1 fully saturated rings. The molecule has 0 aromatic heterocycles. The first kappa shape index (κ1) is 14.5. The fourth-order valence-electron chi connectivity index (χ4n) is 2.65. The van der Waals surface area contributed by atoms with Crippen LogP contribution in [0.4, 0.5) is 0 Å². The van der Waals surface area contributed by atoms with Crippen molar-refractivity contribution in [3.8, 4) is 0 Å². The Balaban J connectivity index is 2.53. The molecule has 0 unspecified atom stereocenters. The molecular weight excluding hydrogens is 212 g/mol. The minimum absolute atomic E-state index is 0.180. The zero-order valence-electron chi connectivity index (χ0n) is 11.6. The molecule has 0 atom stereocenters. The van der Waals surface area contributed by atoms with Crippen molar-refractivity contribution in [2.75, 3.05) is 6.54 Å². The Morgan fingerprint density at radius 1 is 1.24 bits per heavy atom. The number of hydrogen-bond acceptors (Lipinski definition) is 2. The van der Waals surface area contributed by atoms with Gasteiger partial charge in [0.1, 0.15) is 0 Å². The quantitative estimate of drug-likeness (QED) is 0.775. The van der Waals surface area contributed by atoms with E-state index in [9.17, 15) is 4.79 Å². The van der Waals surface area contributed by atoms with Crippen LogP contribution in [0.15, 0.2) is 0 Å². The molecule has 1 amide bonds. The Kier molecular flexibility index (Phi) is 5.44. The van der Waals surface area contributed by atoms with Gasteiger partial charge in [-0.3, -0.25) is 4.79 Å². The van der Waals surface area contributed by atoms with E-state index >= 15 is 0 Å². The van der Waals surface area contributed by atoms with E-state index in [2.05, 4.69) is 26.1 Å². The van der Waals surface area contributed by atoms with Crippen LogP contribution in [0, 0.1) is 11.8 Å². The summed E-state index contributed by atoms with van der Waals surface area (Å²) in [5, 5.41) is 3.20. The number of rotatable bonds is 5. The molecule has 0 heterocycles. The van der Waals surface area contributed by atoms with Gasteiger partial charge in [-0.05, 0) is 44.4 Å². The highest BCUT2D eigenvalue weighted by Crippen LogP contribution is 2.29. The standard InChI is InChI=1S/C14H28N2O/c1-4-14(5-2,10-15)16-13(17)12-8-6-11(3)7-9-12/h11-12H,4-10,15H2,1-3H3,(H,16,17). The minimum Gasteiger partial charge on any atom is -0.349 e. The van der Waals surface area contributed by atoms with Gasteiger partial charge in [0.15, 0.2) is 0 Å². The van der Waals surface area contributed by atoms with Gasteiger partial charge >= 0.3 is 0 Å². The van der Waals surface area contributed by atoms with Gasteiger partial charge in [-0.15, -0.1) is 0 Å². The first-order valence-electron chi connectivity index (χ1n) is 7.09. The molecule has 1 saturated carbocycles. The lowest BCUT2D eigenvalue weighted by Crippen LogP contribution is -2.54. The molecule has 100 valence electrons. The van der Waals surface area contributed by atoms with Crippen LogP contribution in [0.5, 0.6) is 0 Å². The molecule has 3 heteroatoms. The number of nitrogens with one attached hydrogen (secondary N) is 1. The summed E-state index contributed by atoms with van der Waals surface area (Å²) in [6, 6.07) is 0. The van der Waals surface area contributed by atoms with Crippen LogP contribution in [0.1, 0.15) is 59.3 Å². The maximum Gasteiger partial charge on any atom is 0.223 e. The summed E-state index contributed by atoms with van der Waals surface area (Å²) in [7, 11) is 0. The van der Waals surface area contributed by atoms with Gasteiger partial charge in [0.25, 0.3) is 0 Å². The molecule has 3 nitrogen and oxygen atoms in total. The monoisotopic (exact) mass is 240 g/mol. The van der Waals surface area contributed by atoms with E-state index in [-0.39, 0.29) is 17.4 Å². The number of carbonyl (C=O) groups is 1. The van der Waals surface area contributed by atoms with Crippen LogP contribution < -0.4 is 11.1 Å². The number of hydrogen-bond donors (Lipinski definition) is 2. The van der Waals surface area contributed by atoms with Crippen molar-refractivity contribution in [1.82, 2.24) is 5.32 Å². The second-order valence-corrected chi connectivity index (χ2v) is 5.64.